The third-order valence-corrected chi connectivity index (χ3v) is 5.77. The predicted molar refractivity (Wildman–Crippen MR) is 100 cm³/mol. The molecule has 136 valence electrons. The number of unbranched alkanes of at least 4 members (excludes halogenated alkanes) is 1. The second kappa shape index (κ2) is 11.3. The molecule has 0 radical (unpaired) electrons. The molecule has 0 bridgehead atoms. The number of hydrogen-bond donors (Lipinski definition) is 1. The summed E-state index contributed by atoms with van der Waals surface area (Å²) in [5.41, 5.74) is 0. The first-order valence-corrected chi connectivity index (χ1v) is 9.74. The van der Waals surface area contributed by atoms with Crippen LogP contribution in [0.2, 0.25) is 0 Å². The molecule has 23 heavy (non-hydrogen) atoms. The molecule has 0 aromatic heterocycles. The molecule has 4 heteroatoms. The lowest BCUT2D eigenvalue weighted by atomic mass is 9.79. The SMILES string of the molecule is CCCCC1CCC(C(=O)N2CCC(CNCC)CC2)CC1.Cl. The molecule has 0 spiro atoms. The van der Waals surface area contributed by atoms with Crippen molar-refractivity contribution in [2.45, 2.75) is 71.6 Å². The van der Waals surface area contributed by atoms with E-state index in [-0.39, 0.29) is 12.4 Å². The van der Waals surface area contributed by atoms with Crippen LogP contribution in [0.4, 0.5) is 0 Å². The number of halogens is 1. The molecular weight excluding hydrogens is 308 g/mol. The third kappa shape index (κ3) is 6.62. The molecule has 2 rings (SSSR count). The summed E-state index contributed by atoms with van der Waals surface area (Å²) in [6.45, 7) is 8.60. The molecule has 1 N–H and O–H groups in total. The monoisotopic (exact) mass is 344 g/mol. The second-order valence-electron chi connectivity index (χ2n) is 7.44. The minimum absolute atomic E-state index is 0. The van der Waals surface area contributed by atoms with Gasteiger partial charge in [-0.2, -0.15) is 0 Å². The van der Waals surface area contributed by atoms with Crippen molar-refractivity contribution in [2.75, 3.05) is 26.2 Å². The van der Waals surface area contributed by atoms with E-state index < -0.39 is 0 Å². The Morgan fingerprint density at radius 1 is 1.00 bits per heavy atom. The van der Waals surface area contributed by atoms with Crippen LogP contribution in [0.25, 0.3) is 0 Å². The topological polar surface area (TPSA) is 32.3 Å². The predicted octanol–water partition coefficient (Wildman–Crippen LogP) is 4.25. The number of nitrogens with one attached hydrogen (secondary N) is 1. The molecule has 2 aliphatic rings. The summed E-state index contributed by atoms with van der Waals surface area (Å²) in [6, 6.07) is 0. The van der Waals surface area contributed by atoms with E-state index in [0.717, 1.165) is 50.9 Å². The molecule has 0 atom stereocenters. The van der Waals surface area contributed by atoms with Gasteiger partial charge in [-0.05, 0) is 63.5 Å². The van der Waals surface area contributed by atoms with Crippen molar-refractivity contribution in [1.82, 2.24) is 10.2 Å². The van der Waals surface area contributed by atoms with Crippen molar-refractivity contribution in [2.24, 2.45) is 17.8 Å². The molecule has 0 aromatic rings. The smallest absolute Gasteiger partial charge is 0.225 e. The summed E-state index contributed by atoms with van der Waals surface area (Å²) in [7, 11) is 0. The standard InChI is InChI=1S/C19H36N2O.ClH/c1-3-5-6-16-7-9-18(10-8-16)19(22)21-13-11-17(12-14-21)15-20-4-2;/h16-18,20H,3-15H2,1-2H3;1H. The Hall–Kier alpha value is -0.280. The average Bonchev–Trinajstić information content (AvgIpc) is 2.58. The van der Waals surface area contributed by atoms with Gasteiger partial charge in [-0.15, -0.1) is 12.4 Å². The Morgan fingerprint density at radius 2 is 1.65 bits per heavy atom. The van der Waals surface area contributed by atoms with Gasteiger partial charge in [0.1, 0.15) is 0 Å². The first-order chi connectivity index (χ1) is 10.7. The van der Waals surface area contributed by atoms with Crippen LogP contribution in [0, 0.1) is 17.8 Å². The van der Waals surface area contributed by atoms with Gasteiger partial charge in [0.25, 0.3) is 0 Å². The van der Waals surface area contributed by atoms with Crippen molar-refractivity contribution in [1.29, 1.82) is 0 Å². The summed E-state index contributed by atoms with van der Waals surface area (Å²) in [5.74, 6) is 2.47. The maximum absolute atomic E-state index is 12.7. The van der Waals surface area contributed by atoms with E-state index in [0.29, 0.717) is 11.8 Å². The molecule has 1 saturated carbocycles. The zero-order valence-electron chi connectivity index (χ0n) is 15.2. The van der Waals surface area contributed by atoms with Gasteiger partial charge in [0.15, 0.2) is 0 Å². The van der Waals surface area contributed by atoms with Crippen LogP contribution in [-0.2, 0) is 4.79 Å². The summed E-state index contributed by atoms with van der Waals surface area (Å²) in [4.78, 5) is 14.9. The molecule has 1 aliphatic carbocycles. The third-order valence-electron chi connectivity index (χ3n) is 5.77. The lowest BCUT2D eigenvalue weighted by Crippen LogP contribution is -2.44. The highest BCUT2D eigenvalue weighted by Crippen LogP contribution is 2.33. The molecule has 2 fully saturated rings. The van der Waals surface area contributed by atoms with E-state index in [2.05, 4.69) is 24.1 Å². The maximum Gasteiger partial charge on any atom is 0.225 e. The van der Waals surface area contributed by atoms with Crippen LogP contribution in [0.15, 0.2) is 0 Å². The Labute approximate surface area is 149 Å². The van der Waals surface area contributed by atoms with E-state index in [1.807, 2.05) is 0 Å². The summed E-state index contributed by atoms with van der Waals surface area (Å²) >= 11 is 0. The van der Waals surface area contributed by atoms with Crippen LogP contribution in [-0.4, -0.2) is 37.0 Å². The first-order valence-electron chi connectivity index (χ1n) is 9.74. The lowest BCUT2D eigenvalue weighted by Gasteiger charge is -2.36. The van der Waals surface area contributed by atoms with Gasteiger partial charge in [0, 0.05) is 19.0 Å². The number of amides is 1. The van der Waals surface area contributed by atoms with Gasteiger partial charge in [-0.1, -0.05) is 33.1 Å². The number of hydrogen-bond acceptors (Lipinski definition) is 2. The number of nitrogens with zero attached hydrogens (tertiary/aromatic N) is 1. The molecule has 3 nitrogen and oxygen atoms in total. The Balaban J connectivity index is 0.00000264. The Kier molecular flexibility index (Phi) is 10.2. The average molecular weight is 345 g/mol. The van der Waals surface area contributed by atoms with Crippen molar-refractivity contribution >= 4 is 18.3 Å². The number of piperidine rings is 1. The van der Waals surface area contributed by atoms with Gasteiger partial charge < -0.3 is 10.2 Å². The molecular formula is C19H37ClN2O. The number of carbonyl (C=O) groups is 1. The number of carbonyl (C=O) groups excluding carboxylic acids is 1. The maximum atomic E-state index is 12.7. The Morgan fingerprint density at radius 3 is 2.22 bits per heavy atom. The number of likely N-dealkylation sites (tertiary alicyclic amines) is 1. The van der Waals surface area contributed by atoms with Crippen LogP contribution in [0.1, 0.15) is 71.6 Å². The fourth-order valence-electron chi connectivity index (χ4n) is 4.16. The van der Waals surface area contributed by atoms with E-state index in [1.54, 1.807) is 0 Å². The molecule has 0 aromatic carbocycles. The van der Waals surface area contributed by atoms with Crippen molar-refractivity contribution in [3.8, 4) is 0 Å². The van der Waals surface area contributed by atoms with Gasteiger partial charge in [0.2, 0.25) is 5.91 Å². The zero-order chi connectivity index (χ0) is 15.8. The molecule has 1 amide bonds. The minimum Gasteiger partial charge on any atom is -0.342 e. The van der Waals surface area contributed by atoms with E-state index in [4.69, 9.17) is 0 Å². The Bertz CT molecular complexity index is 291. The van der Waals surface area contributed by atoms with Gasteiger partial charge in [-0.3, -0.25) is 4.79 Å². The summed E-state index contributed by atoms with van der Waals surface area (Å²) < 4.78 is 0. The van der Waals surface area contributed by atoms with Gasteiger partial charge >= 0.3 is 0 Å². The fourth-order valence-corrected chi connectivity index (χ4v) is 4.16. The highest BCUT2D eigenvalue weighted by Gasteiger charge is 2.31. The number of rotatable bonds is 7. The quantitative estimate of drug-likeness (QED) is 0.748. The van der Waals surface area contributed by atoms with Crippen molar-refractivity contribution in [3.63, 3.8) is 0 Å². The molecule has 1 aliphatic heterocycles. The van der Waals surface area contributed by atoms with Crippen LogP contribution >= 0.6 is 12.4 Å². The van der Waals surface area contributed by atoms with Crippen LogP contribution in [0.5, 0.6) is 0 Å². The van der Waals surface area contributed by atoms with Crippen LogP contribution < -0.4 is 5.32 Å². The summed E-state index contributed by atoms with van der Waals surface area (Å²) in [5, 5.41) is 3.44. The van der Waals surface area contributed by atoms with E-state index in [9.17, 15) is 4.79 Å². The molecule has 1 saturated heterocycles. The molecule has 1 heterocycles. The second-order valence-corrected chi connectivity index (χ2v) is 7.44. The zero-order valence-corrected chi connectivity index (χ0v) is 16.0. The van der Waals surface area contributed by atoms with Crippen LogP contribution in [0.3, 0.4) is 0 Å². The van der Waals surface area contributed by atoms with E-state index in [1.165, 1.54) is 44.9 Å². The summed E-state index contributed by atoms with van der Waals surface area (Å²) in [6.07, 6.45) is 11.3. The largest absolute Gasteiger partial charge is 0.342 e. The van der Waals surface area contributed by atoms with Gasteiger partial charge in [0.05, 0.1) is 0 Å². The minimum atomic E-state index is 0. The van der Waals surface area contributed by atoms with Crippen molar-refractivity contribution in [3.05, 3.63) is 0 Å². The van der Waals surface area contributed by atoms with E-state index >= 15 is 0 Å². The highest BCUT2D eigenvalue weighted by atomic mass is 35.5. The van der Waals surface area contributed by atoms with Crippen molar-refractivity contribution < 1.29 is 4.79 Å². The fraction of sp³-hybridized carbons (Fsp3) is 0.947. The van der Waals surface area contributed by atoms with Gasteiger partial charge in [-0.25, -0.2) is 0 Å². The molecule has 0 unspecified atom stereocenters. The highest BCUT2D eigenvalue weighted by molar-refractivity contribution is 5.85. The first kappa shape index (κ1) is 20.8. The normalized spacial score (nSPS) is 25.9. The lowest BCUT2D eigenvalue weighted by molar-refractivity contribution is -0.138.